The van der Waals surface area contributed by atoms with Crippen molar-refractivity contribution < 1.29 is 5.21 Å². The van der Waals surface area contributed by atoms with Gasteiger partial charge in [0.1, 0.15) is 5.84 Å². The molecule has 0 aliphatic carbocycles. The van der Waals surface area contributed by atoms with Crippen molar-refractivity contribution in [2.75, 3.05) is 6.54 Å². The molecule has 4 N–H and O–H groups in total. The van der Waals surface area contributed by atoms with Crippen LogP contribution in [0.1, 0.15) is 44.4 Å². The van der Waals surface area contributed by atoms with E-state index in [-0.39, 0.29) is 5.41 Å². The Balaban J connectivity index is 2.19. The number of nitrogens with two attached hydrogens (primary N) is 1. The van der Waals surface area contributed by atoms with Gasteiger partial charge in [0.15, 0.2) is 0 Å². The van der Waals surface area contributed by atoms with E-state index in [1.54, 1.807) is 0 Å². The van der Waals surface area contributed by atoms with E-state index in [2.05, 4.69) is 22.5 Å². The quantitative estimate of drug-likeness (QED) is 0.223. The Kier molecular flexibility index (Phi) is 6.01. The molecule has 0 fully saturated rings. The zero-order valence-electron chi connectivity index (χ0n) is 13.0. The zero-order valence-corrected chi connectivity index (χ0v) is 13.0. The molecule has 20 heavy (non-hydrogen) atoms. The molecule has 0 aliphatic rings. The lowest BCUT2D eigenvalue weighted by Crippen LogP contribution is -2.32. The lowest BCUT2D eigenvalue weighted by Gasteiger charge is -2.22. The third-order valence-electron chi connectivity index (χ3n) is 3.86. The molecule has 0 saturated heterocycles. The maximum absolute atomic E-state index is 8.71. The van der Waals surface area contributed by atoms with E-state index in [0.717, 1.165) is 32.4 Å². The van der Waals surface area contributed by atoms with E-state index in [4.69, 9.17) is 10.9 Å². The highest BCUT2D eigenvalue weighted by Crippen LogP contribution is 2.23. The van der Waals surface area contributed by atoms with Gasteiger partial charge in [-0.2, -0.15) is 5.10 Å². The van der Waals surface area contributed by atoms with Crippen molar-refractivity contribution in [1.29, 1.82) is 0 Å². The minimum atomic E-state index is -0.241. The number of hydrogen-bond donors (Lipinski definition) is 3. The maximum atomic E-state index is 8.71. The van der Waals surface area contributed by atoms with Gasteiger partial charge in [0.2, 0.25) is 0 Å². The summed E-state index contributed by atoms with van der Waals surface area (Å²) in [6, 6.07) is 0. The Morgan fingerprint density at radius 2 is 2.20 bits per heavy atom. The molecule has 1 aromatic rings. The smallest absolute Gasteiger partial charge is 0.144 e. The van der Waals surface area contributed by atoms with E-state index < -0.39 is 0 Å². The number of aryl methyl sites for hydroxylation is 1. The van der Waals surface area contributed by atoms with Crippen molar-refractivity contribution >= 4 is 5.84 Å². The summed E-state index contributed by atoms with van der Waals surface area (Å²) in [6.45, 7) is 7.87. The van der Waals surface area contributed by atoms with Gasteiger partial charge < -0.3 is 16.3 Å². The summed E-state index contributed by atoms with van der Waals surface area (Å²) in [4.78, 5) is 0. The summed E-state index contributed by atoms with van der Waals surface area (Å²) < 4.78 is 1.89. The highest BCUT2D eigenvalue weighted by molar-refractivity contribution is 5.85. The fourth-order valence-electron chi connectivity index (χ4n) is 2.02. The van der Waals surface area contributed by atoms with Crippen LogP contribution in [0.25, 0.3) is 0 Å². The molecular formula is C14H27N5O. The molecule has 0 saturated carbocycles. The average molecular weight is 281 g/mol. The highest BCUT2D eigenvalue weighted by atomic mass is 16.4. The second-order valence-electron chi connectivity index (χ2n) is 5.88. The van der Waals surface area contributed by atoms with Crippen LogP contribution in [-0.4, -0.2) is 27.4 Å². The van der Waals surface area contributed by atoms with Gasteiger partial charge in [-0.05, 0) is 26.3 Å². The standard InChI is InChI=1S/C14H27N5O/c1-11-12(10-17-19(11)4)9-16-8-6-5-7-14(2,3)13(15)18-20/h10,16,20H,5-9H2,1-4H3,(H2,15,18). The fraction of sp³-hybridized carbons (Fsp3) is 0.714. The van der Waals surface area contributed by atoms with Gasteiger partial charge >= 0.3 is 0 Å². The van der Waals surface area contributed by atoms with Crippen molar-refractivity contribution in [3.63, 3.8) is 0 Å². The van der Waals surface area contributed by atoms with Crippen LogP contribution in [0.3, 0.4) is 0 Å². The summed E-state index contributed by atoms with van der Waals surface area (Å²) in [5.74, 6) is 0.302. The van der Waals surface area contributed by atoms with Crippen LogP contribution in [0.2, 0.25) is 0 Å². The number of nitrogens with one attached hydrogen (secondary N) is 1. The van der Waals surface area contributed by atoms with Gasteiger partial charge in [-0.1, -0.05) is 25.4 Å². The minimum absolute atomic E-state index is 0.241. The second kappa shape index (κ2) is 7.28. The first-order valence-corrected chi connectivity index (χ1v) is 7.04. The first-order valence-electron chi connectivity index (χ1n) is 7.04. The Labute approximate surface area is 121 Å². The van der Waals surface area contributed by atoms with Crippen molar-refractivity contribution in [3.8, 4) is 0 Å². The summed E-state index contributed by atoms with van der Waals surface area (Å²) in [5.41, 5.74) is 7.86. The topological polar surface area (TPSA) is 88.5 Å². The second-order valence-corrected chi connectivity index (χ2v) is 5.88. The van der Waals surface area contributed by atoms with Crippen LogP contribution in [-0.2, 0) is 13.6 Å². The summed E-state index contributed by atoms with van der Waals surface area (Å²) in [7, 11) is 1.95. The molecular weight excluding hydrogens is 254 g/mol. The molecule has 1 aromatic heterocycles. The van der Waals surface area contributed by atoms with Crippen LogP contribution in [0.15, 0.2) is 11.4 Å². The number of rotatable bonds is 8. The molecule has 1 heterocycles. The van der Waals surface area contributed by atoms with Crippen LogP contribution in [0, 0.1) is 12.3 Å². The van der Waals surface area contributed by atoms with E-state index in [9.17, 15) is 0 Å². The number of aromatic nitrogens is 2. The predicted molar refractivity (Wildman–Crippen MR) is 80.7 cm³/mol. The SMILES string of the molecule is Cc1c(CNCCCCC(C)(C)C(N)=NO)cnn1C. The van der Waals surface area contributed by atoms with Gasteiger partial charge in [-0.25, -0.2) is 0 Å². The molecule has 0 bridgehead atoms. The molecule has 6 nitrogen and oxygen atoms in total. The van der Waals surface area contributed by atoms with Gasteiger partial charge in [-0.3, -0.25) is 4.68 Å². The summed E-state index contributed by atoms with van der Waals surface area (Å²) in [5, 5.41) is 19.4. The van der Waals surface area contributed by atoms with Crippen molar-refractivity contribution in [2.45, 2.75) is 46.6 Å². The first-order chi connectivity index (χ1) is 9.38. The van der Waals surface area contributed by atoms with Crippen LogP contribution in [0.4, 0.5) is 0 Å². The molecule has 0 aromatic carbocycles. The molecule has 0 unspecified atom stereocenters. The molecule has 0 spiro atoms. The van der Waals surface area contributed by atoms with Crippen LogP contribution in [0.5, 0.6) is 0 Å². The van der Waals surface area contributed by atoms with Gasteiger partial charge in [0, 0.05) is 30.3 Å². The average Bonchev–Trinajstić information content (AvgIpc) is 2.73. The normalized spacial score (nSPS) is 12.9. The largest absolute Gasteiger partial charge is 0.409 e. The number of unbranched alkanes of at least 4 members (excludes halogenated alkanes) is 1. The minimum Gasteiger partial charge on any atom is -0.409 e. The van der Waals surface area contributed by atoms with Crippen molar-refractivity contribution in [2.24, 2.45) is 23.4 Å². The first kappa shape index (κ1) is 16.5. The Morgan fingerprint density at radius 1 is 1.50 bits per heavy atom. The maximum Gasteiger partial charge on any atom is 0.144 e. The Bertz CT molecular complexity index is 450. The molecule has 114 valence electrons. The lowest BCUT2D eigenvalue weighted by atomic mass is 9.86. The predicted octanol–water partition coefficient (Wildman–Crippen LogP) is 1.76. The zero-order chi connectivity index (χ0) is 15.2. The number of nitrogens with zero attached hydrogens (tertiary/aromatic N) is 3. The summed E-state index contributed by atoms with van der Waals surface area (Å²) >= 11 is 0. The van der Waals surface area contributed by atoms with Crippen molar-refractivity contribution in [1.82, 2.24) is 15.1 Å². The number of hydrogen-bond acceptors (Lipinski definition) is 4. The van der Waals surface area contributed by atoms with E-state index in [1.807, 2.05) is 31.8 Å². The van der Waals surface area contributed by atoms with Crippen LogP contribution >= 0.6 is 0 Å². The van der Waals surface area contributed by atoms with Gasteiger partial charge in [0.25, 0.3) is 0 Å². The van der Waals surface area contributed by atoms with E-state index in [1.165, 1.54) is 11.3 Å². The highest BCUT2D eigenvalue weighted by Gasteiger charge is 2.22. The Hall–Kier alpha value is -1.56. The fourth-order valence-corrected chi connectivity index (χ4v) is 2.02. The van der Waals surface area contributed by atoms with Crippen molar-refractivity contribution in [3.05, 3.63) is 17.5 Å². The molecule has 0 aliphatic heterocycles. The number of amidine groups is 1. The molecule has 6 heteroatoms. The Morgan fingerprint density at radius 3 is 2.75 bits per heavy atom. The molecule has 0 amide bonds. The van der Waals surface area contributed by atoms with Gasteiger partial charge in [-0.15, -0.1) is 0 Å². The van der Waals surface area contributed by atoms with Crippen LogP contribution < -0.4 is 11.1 Å². The number of oxime groups is 1. The summed E-state index contributed by atoms with van der Waals surface area (Å²) in [6.07, 6.45) is 4.93. The molecule has 0 atom stereocenters. The van der Waals surface area contributed by atoms with E-state index in [0.29, 0.717) is 5.84 Å². The third-order valence-corrected chi connectivity index (χ3v) is 3.86. The lowest BCUT2D eigenvalue weighted by molar-refractivity contribution is 0.304. The van der Waals surface area contributed by atoms with E-state index >= 15 is 0 Å². The monoisotopic (exact) mass is 281 g/mol. The third kappa shape index (κ3) is 4.52. The molecule has 1 rings (SSSR count). The van der Waals surface area contributed by atoms with Gasteiger partial charge in [0.05, 0.1) is 6.20 Å². The molecule has 0 radical (unpaired) electrons.